The highest BCUT2D eigenvalue weighted by Gasteiger charge is 2.38. The molecule has 0 bridgehead atoms. The summed E-state index contributed by atoms with van der Waals surface area (Å²) in [6, 6.07) is 8.49. The van der Waals surface area contributed by atoms with E-state index in [9.17, 15) is 19.8 Å². The van der Waals surface area contributed by atoms with Gasteiger partial charge < -0.3 is 20.0 Å². The van der Waals surface area contributed by atoms with Gasteiger partial charge in [-0.1, -0.05) is 46.8 Å². The fourth-order valence-electron chi connectivity index (χ4n) is 3.95. The third kappa shape index (κ3) is 5.72. The maximum Gasteiger partial charge on any atom is 0.333 e. The van der Waals surface area contributed by atoms with Gasteiger partial charge in [-0.25, -0.2) is 4.79 Å². The minimum Gasteiger partial charge on any atom is -0.479 e. The van der Waals surface area contributed by atoms with Crippen molar-refractivity contribution in [1.82, 2.24) is 4.90 Å². The first kappa shape index (κ1) is 23.2. The predicted molar refractivity (Wildman–Crippen MR) is 115 cm³/mol. The van der Waals surface area contributed by atoms with E-state index in [4.69, 9.17) is 0 Å². The van der Waals surface area contributed by atoms with Crippen molar-refractivity contribution >= 4 is 17.6 Å². The van der Waals surface area contributed by atoms with Crippen LogP contribution in [0.5, 0.6) is 0 Å². The Morgan fingerprint density at radius 3 is 2.17 bits per heavy atom. The second-order valence-corrected chi connectivity index (χ2v) is 9.64. The molecule has 1 saturated heterocycles. The number of carbonyl (C=O) groups excluding carboxylic acids is 1. The highest BCUT2D eigenvalue weighted by molar-refractivity contribution is 5.86. The van der Waals surface area contributed by atoms with E-state index in [1.165, 1.54) is 5.56 Å². The van der Waals surface area contributed by atoms with Crippen LogP contribution in [-0.4, -0.2) is 58.8 Å². The second kappa shape index (κ2) is 9.16. The van der Waals surface area contributed by atoms with Gasteiger partial charge in [-0.15, -0.1) is 0 Å². The van der Waals surface area contributed by atoms with Crippen LogP contribution < -0.4 is 4.90 Å². The lowest BCUT2D eigenvalue weighted by Crippen LogP contribution is -2.57. The quantitative estimate of drug-likeness (QED) is 0.761. The molecule has 0 radical (unpaired) electrons. The number of hydrogen-bond acceptors (Lipinski definition) is 4. The molecule has 1 heterocycles. The summed E-state index contributed by atoms with van der Waals surface area (Å²) in [6.07, 6.45) is -1.31. The van der Waals surface area contributed by atoms with Gasteiger partial charge in [0.1, 0.15) is 0 Å². The highest BCUT2D eigenvalue weighted by Crippen LogP contribution is 2.27. The van der Waals surface area contributed by atoms with Gasteiger partial charge in [0, 0.05) is 31.4 Å². The largest absolute Gasteiger partial charge is 0.479 e. The summed E-state index contributed by atoms with van der Waals surface area (Å²) < 4.78 is 0. The van der Waals surface area contributed by atoms with Crippen molar-refractivity contribution in [3.63, 3.8) is 0 Å². The number of rotatable bonds is 6. The zero-order valence-electron chi connectivity index (χ0n) is 18.6. The van der Waals surface area contributed by atoms with E-state index in [0.29, 0.717) is 26.1 Å². The molecule has 1 aromatic carbocycles. The number of anilines is 1. The van der Waals surface area contributed by atoms with Gasteiger partial charge in [-0.05, 0) is 42.4 Å². The monoisotopic (exact) mass is 404 g/mol. The van der Waals surface area contributed by atoms with Gasteiger partial charge in [0.2, 0.25) is 5.91 Å². The minimum absolute atomic E-state index is 0.0609. The number of aliphatic hydroxyl groups is 1. The zero-order chi connectivity index (χ0) is 21.9. The highest BCUT2D eigenvalue weighted by atomic mass is 16.4. The van der Waals surface area contributed by atoms with Crippen LogP contribution in [0, 0.1) is 11.8 Å². The van der Waals surface area contributed by atoms with E-state index in [2.05, 4.69) is 49.9 Å². The smallest absolute Gasteiger partial charge is 0.333 e. The van der Waals surface area contributed by atoms with Gasteiger partial charge in [-0.2, -0.15) is 0 Å². The average Bonchev–Trinajstić information content (AvgIpc) is 2.64. The summed E-state index contributed by atoms with van der Waals surface area (Å²) in [5, 5.41) is 19.3. The molecule has 1 aromatic rings. The molecule has 0 unspecified atom stereocenters. The van der Waals surface area contributed by atoms with E-state index in [1.54, 1.807) is 4.90 Å². The lowest BCUT2D eigenvalue weighted by molar-refractivity contribution is -0.158. The van der Waals surface area contributed by atoms with Crippen molar-refractivity contribution in [3.05, 3.63) is 29.8 Å². The summed E-state index contributed by atoms with van der Waals surface area (Å²) in [5.41, 5.74) is 2.51. The van der Waals surface area contributed by atoms with Gasteiger partial charge >= 0.3 is 5.97 Å². The Kier molecular flexibility index (Phi) is 7.33. The van der Waals surface area contributed by atoms with Crippen molar-refractivity contribution in [2.75, 3.05) is 24.5 Å². The minimum atomic E-state index is -1.67. The summed E-state index contributed by atoms with van der Waals surface area (Å²) in [5.74, 6) is -2.39. The standard InChI is InChI=1S/C23H36N2O4/c1-15(2)13-19(20(26)22(28)29)21(27)25-12-11-24(14-16(25)3)18-9-7-17(8-10-18)23(4,5)6/h7-10,15-16,19-20,26H,11-14H2,1-6H3,(H,28,29)/t16-,19+,20+/m1/s1. The van der Waals surface area contributed by atoms with Crippen molar-refractivity contribution < 1.29 is 19.8 Å². The van der Waals surface area contributed by atoms with Crippen LogP contribution in [0.4, 0.5) is 5.69 Å². The maximum absolute atomic E-state index is 13.1. The molecule has 0 spiro atoms. The maximum atomic E-state index is 13.1. The molecule has 0 aromatic heterocycles. The molecule has 1 aliphatic rings. The molecule has 29 heavy (non-hydrogen) atoms. The van der Waals surface area contributed by atoms with E-state index in [-0.39, 0.29) is 23.3 Å². The van der Waals surface area contributed by atoms with Crippen molar-refractivity contribution in [3.8, 4) is 0 Å². The normalized spacial score (nSPS) is 19.9. The van der Waals surface area contributed by atoms with Crippen LogP contribution in [0.1, 0.15) is 53.5 Å². The van der Waals surface area contributed by atoms with Gasteiger partial charge in [0.05, 0.1) is 5.92 Å². The number of hydrogen-bond donors (Lipinski definition) is 2. The summed E-state index contributed by atoms with van der Waals surface area (Å²) in [4.78, 5) is 28.4. The average molecular weight is 405 g/mol. The second-order valence-electron chi connectivity index (χ2n) is 9.64. The molecule has 1 amide bonds. The van der Waals surface area contributed by atoms with E-state index < -0.39 is 18.0 Å². The number of benzene rings is 1. The fraction of sp³-hybridized carbons (Fsp3) is 0.652. The fourth-order valence-corrected chi connectivity index (χ4v) is 3.95. The number of aliphatic hydroxyl groups excluding tert-OH is 1. The third-order valence-electron chi connectivity index (χ3n) is 5.69. The lowest BCUT2D eigenvalue weighted by Gasteiger charge is -2.42. The van der Waals surface area contributed by atoms with Gasteiger partial charge in [-0.3, -0.25) is 4.79 Å². The van der Waals surface area contributed by atoms with E-state index >= 15 is 0 Å². The molecule has 3 atom stereocenters. The summed E-state index contributed by atoms with van der Waals surface area (Å²) >= 11 is 0. The molecule has 2 rings (SSSR count). The summed E-state index contributed by atoms with van der Waals surface area (Å²) in [7, 11) is 0. The van der Waals surface area contributed by atoms with Crippen molar-refractivity contribution in [1.29, 1.82) is 0 Å². The molecule has 0 saturated carbocycles. The van der Waals surface area contributed by atoms with Crippen LogP contribution in [0.25, 0.3) is 0 Å². The Morgan fingerprint density at radius 1 is 1.14 bits per heavy atom. The van der Waals surface area contributed by atoms with Crippen LogP contribution in [0.3, 0.4) is 0 Å². The first-order valence-corrected chi connectivity index (χ1v) is 10.5. The molecule has 2 N–H and O–H groups in total. The molecular formula is C23H36N2O4. The van der Waals surface area contributed by atoms with Crippen molar-refractivity contribution in [2.45, 2.75) is 65.5 Å². The predicted octanol–water partition coefficient (Wildman–Crippen LogP) is 3.13. The topological polar surface area (TPSA) is 81.1 Å². The van der Waals surface area contributed by atoms with E-state index in [0.717, 1.165) is 5.69 Å². The van der Waals surface area contributed by atoms with Gasteiger partial charge in [0.25, 0.3) is 0 Å². The number of amides is 1. The number of carboxylic acids is 1. The lowest BCUT2D eigenvalue weighted by atomic mass is 9.87. The zero-order valence-corrected chi connectivity index (χ0v) is 18.6. The van der Waals surface area contributed by atoms with Crippen LogP contribution in [0.2, 0.25) is 0 Å². The molecule has 162 valence electrons. The SMILES string of the molecule is CC(C)C[C@H](C(=O)N1CCN(c2ccc(C(C)(C)C)cc2)C[C@H]1C)[C@H](O)C(=O)O. The molecule has 1 fully saturated rings. The summed E-state index contributed by atoms with van der Waals surface area (Å²) in [6.45, 7) is 14.3. The Morgan fingerprint density at radius 2 is 1.72 bits per heavy atom. The van der Waals surface area contributed by atoms with Crippen LogP contribution in [0.15, 0.2) is 24.3 Å². The molecule has 6 heteroatoms. The van der Waals surface area contributed by atoms with Gasteiger partial charge in [0.15, 0.2) is 6.10 Å². The number of nitrogens with zero attached hydrogens (tertiary/aromatic N) is 2. The van der Waals surface area contributed by atoms with Crippen molar-refractivity contribution in [2.24, 2.45) is 11.8 Å². The first-order valence-electron chi connectivity index (χ1n) is 10.5. The molecule has 6 nitrogen and oxygen atoms in total. The molecular weight excluding hydrogens is 368 g/mol. The van der Waals surface area contributed by atoms with Crippen LogP contribution >= 0.6 is 0 Å². The third-order valence-corrected chi connectivity index (χ3v) is 5.69. The number of piperazine rings is 1. The number of carbonyl (C=O) groups is 2. The van der Waals surface area contributed by atoms with Crippen LogP contribution in [-0.2, 0) is 15.0 Å². The Hall–Kier alpha value is -2.08. The Labute approximate surface area is 174 Å². The Balaban J connectivity index is 2.10. The first-order chi connectivity index (χ1) is 13.4. The number of aliphatic carboxylic acids is 1. The molecule has 1 aliphatic heterocycles. The van der Waals surface area contributed by atoms with E-state index in [1.807, 2.05) is 20.8 Å². The Bertz CT molecular complexity index is 709. The molecule has 0 aliphatic carbocycles. The number of carboxylic acid groups (broad SMARTS) is 1.